The maximum absolute atomic E-state index is 12.1. The molecule has 0 radical (unpaired) electrons. The van der Waals surface area contributed by atoms with Crippen LogP contribution in [0.1, 0.15) is 15.9 Å². The van der Waals surface area contributed by atoms with Gasteiger partial charge >= 0.3 is 0 Å². The minimum absolute atomic E-state index is 0.113. The molecule has 23 heavy (non-hydrogen) atoms. The van der Waals surface area contributed by atoms with Gasteiger partial charge in [-0.2, -0.15) is 0 Å². The second-order valence-electron chi connectivity index (χ2n) is 5.34. The number of aromatic amines is 1. The summed E-state index contributed by atoms with van der Waals surface area (Å²) in [4.78, 5) is 16.1. The smallest absolute Gasteiger partial charge is 0.251 e. The van der Waals surface area contributed by atoms with E-state index in [1.807, 2.05) is 24.4 Å². The average molecular weight is 326 g/mol. The Hall–Kier alpha value is -2.40. The molecule has 118 valence electrons. The van der Waals surface area contributed by atoms with Crippen molar-refractivity contribution < 1.29 is 9.00 Å². The van der Waals surface area contributed by atoms with Gasteiger partial charge in [0.15, 0.2) is 0 Å². The third-order valence-corrected chi connectivity index (χ3v) is 4.74. The highest BCUT2D eigenvalue weighted by Gasteiger charge is 2.07. The first-order valence-electron chi connectivity index (χ1n) is 7.42. The second-order valence-corrected chi connectivity index (χ2v) is 6.72. The molecule has 0 aliphatic heterocycles. The van der Waals surface area contributed by atoms with Gasteiger partial charge in [-0.15, -0.1) is 0 Å². The monoisotopic (exact) mass is 326 g/mol. The molecule has 2 N–H and O–H groups in total. The lowest BCUT2D eigenvalue weighted by Crippen LogP contribution is -2.25. The van der Waals surface area contributed by atoms with E-state index in [9.17, 15) is 9.00 Å². The van der Waals surface area contributed by atoms with Crippen LogP contribution in [-0.2, 0) is 17.2 Å². The Kier molecular flexibility index (Phi) is 4.57. The number of fused-ring (bicyclic) bond motifs is 1. The summed E-state index contributed by atoms with van der Waals surface area (Å²) >= 11 is 0. The van der Waals surface area contributed by atoms with Crippen LogP contribution >= 0.6 is 0 Å². The minimum Gasteiger partial charge on any atom is -0.361 e. The van der Waals surface area contributed by atoms with Gasteiger partial charge in [0.1, 0.15) is 0 Å². The number of nitrogens with one attached hydrogen (secondary N) is 2. The maximum Gasteiger partial charge on any atom is 0.251 e. The molecule has 0 unspecified atom stereocenters. The highest BCUT2D eigenvalue weighted by Crippen LogP contribution is 2.17. The molecule has 0 bridgehead atoms. The highest BCUT2D eigenvalue weighted by molar-refractivity contribution is 7.84. The van der Waals surface area contributed by atoms with Gasteiger partial charge in [0, 0.05) is 51.2 Å². The van der Waals surface area contributed by atoms with Gasteiger partial charge in [0.25, 0.3) is 5.91 Å². The average Bonchev–Trinajstić information content (AvgIpc) is 2.98. The lowest BCUT2D eigenvalue weighted by atomic mass is 10.1. The SMILES string of the molecule is C[S@@](=O)c1ccc(C(=O)NCCc2c[nH]c3ccccc23)cc1. The van der Waals surface area contributed by atoms with Crippen LogP contribution in [0.15, 0.2) is 59.6 Å². The summed E-state index contributed by atoms with van der Waals surface area (Å²) in [6.07, 6.45) is 4.38. The van der Waals surface area contributed by atoms with E-state index < -0.39 is 10.8 Å². The fourth-order valence-corrected chi connectivity index (χ4v) is 3.07. The van der Waals surface area contributed by atoms with Gasteiger partial charge in [-0.3, -0.25) is 9.00 Å². The molecule has 2 aromatic carbocycles. The number of amides is 1. The number of hydrogen-bond donors (Lipinski definition) is 2. The molecule has 1 atom stereocenters. The van der Waals surface area contributed by atoms with Crippen molar-refractivity contribution in [1.29, 1.82) is 0 Å². The van der Waals surface area contributed by atoms with Gasteiger partial charge in [0.05, 0.1) is 0 Å². The van der Waals surface area contributed by atoms with Crippen molar-refractivity contribution in [1.82, 2.24) is 10.3 Å². The van der Waals surface area contributed by atoms with Crippen molar-refractivity contribution in [3.8, 4) is 0 Å². The van der Waals surface area contributed by atoms with Crippen molar-refractivity contribution in [2.45, 2.75) is 11.3 Å². The third-order valence-electron chi connectivity index (χ3n) is 3.80. The Labute approximate surface area is 137 Å². The molecule has 5 heteroatoms. The number of H-pyrrole nitrogens is 1. The number of hydrogen-bond acceptors (Lipinski definition) is 2. The Morgan fingerprint density at radius 1 is 1.13 bits per heavy atom. The normalized spacial score (nSPS) is 12.2. The van der Waals surface area contributed by atoms with Crippen LogP contribution in [-0.4, -0.2) is 27.9 Å². The van der Waals surface area contributed by atoms with Crippen LogP contribution in [0, 0.1) is 0 Å². The summed E-state index contributed by atoms with van der Waals surface area (Å²) in [5.41, 5.74) is 2.88. The summed E-state index contributed by atoms with van der Waals surface area (Å²) in [7, 11) is -1.02. The summed E-state index contributed by atoms with van der Waals surface area (Å²) in [6.45, 7) is 0.572. The highest BCUT2D eigenvalue weighted by atomic mass is 32.2. The van der Waals surface area contributed by atoms with Gasteiger partial charge in [-0.05, 0) is 42.3 Å². The van der Waals surface area contributed by atoms with Crippen LogP contribution in [0.25, 0.3) is 10.9 Å². The van der Waals surface area contributed by atoms with Crippen LogP contribution in [0.2, 0.25) is 0 Å². The number of para-hydroxylation sites is 1. The standard InChI is InChI=1S/C18H18N2O2S/c1-23(22)15-8-6-13(7-9-15)18(21)19-11-10-14-12-20-17-5-3-2-4-16(14)17/h2-9,12,20H,10-11H2,1H3,(H,19,21)/t23-/m1/s1. The Bertz CT molecular complexity index is 853. The van der Waals surface area contributed by atoms with Gasteiger partial charge in [0.2, 0.25) is 0 Å². The second kappa shape index (κ2) is 6.79. The van der Waals surface area contributed by atoms with E-state index >= 15 is 0 Å². The molecule has 0 spiro atoms. The fraction of sp³-hybridized carbons (Fsp3) is 0.167. The van der Waals surface area contributed by atoms with Crippen LogP contribution in [0.3, 0.4) is 0 Å². The predicted octanol–water partition coefficient (Wildman–Crippen LogP) is 2.88. The maximum atomic E-state index is 12.1. The summed E-state index contributed by atoms with van der Waals surface area (Å²) in [6, 6.07) is 15.0. The Balaban J connectivity index is 1.60. The van der Waals surface area contributed by atoms with Gasteiger partial charge < -0.3 is 10.3 Å². The van der Waals surface area contributed by atoms with E-state index in [0.717, 1.165) is 16.8 Å². The molecule has 3 aromatic rings. The number of carbonyl (C=O) groups is 1. The Morgan fingerprint density at radius 3 is 2.61 bits per heavy atom. The molecule has 4 nitrogen and oxygen atoms in total. The van der Waals surface area contributed by atoms with Crippen molar-refractivity contribution in [2.75, 3.05) is 12.8 Å². The van der Waals surface area contributed by atoms with Crippen LogP contribution < -0.4 is 5.32 Å². The molecule has 0 fully saturated rings. The lowest BCUT2D eigenvalue weighted by molar-refractivity contribution is 0.0954. The zero-order chi connectivity index (χ0) is 16.2. The van der Waals surface area contributed by atoms with E-state index in [-0.39, 0.29) is 5.91 Å². The quantitative estimate of drug-likeness (QED) is 0.757. The Morgan fingerprint density at radius 2 is 1.87 bits per heavy atom. The first kappa shape index (κ1) is 15.5. The largest absolute Gasteiger partial charge is 0.361 e. The summed E-state index contributed by atoms with van der Waals surface area (Å²) < 4.78 is 11.3. The van der Waals surface area contributed by atoms with Crippen molar-refractivity contribution in [3.05, 3.63) is 65.9 Å². The number of aromatic nitrogens is 1. The van der Waals surface area contributed by atoms with E-state index in [0.29, 0.717) is 12.1 Å². The van der Waals surface area contributed by atoms with Gasteiger partial charge in [-0.1, -0.05) is 18.2 Å². The lowest BCUT2D eigenvalue weighted by Gasteiger charge is -2.05. The molecular weight excluding hydrogens is 308 g/mol. The molecule has 0 saturated carbocycles. The van der Waals surface area contributed by atoms with E-state index in [1.165, 1.54) is 10.9 Å². The number of rotatable bonds is 5. The summed E-state index contributed by atoms with van der Waals surface area (Å²) in [5.74, 6) is -0.113. The molecule has 1 aromatic heterocycles. The van der Waals surface area contributed by atoms with Crippen LogP contribution in [0.4, 0.5) is 0 Å². The van der Waals surface area contributed by atoms with Crippen molar-refractivity contribution >= 4 is 27.6 Å². The minimum atomic E-state index is -1.02. The molecule has 0 aliphatic carbocycles. The van der Waals surface area contributed by atoms with E-state index in [4.69, 9.17) is 0 Å². The first-order chi connectivity index (χ1) is 11.1. The molecule has 1 heterocycles. The number of carbonyl (C=O) groups excluding carboxylic acids is 1. The van der Waals surface area contributed by atoms with Crippen molar-refractivity contribution in [2.24, 2.45) is 0 Å². The third kappa shape index (κ3) is 3.51. The van der Waals surface area contributed by atoms with E-state index in [1.54, 1.807) is 30.5 Å². The molecular formula is C18H18N2O2S. The molecule has 0 aliphatic rings. The molecule has 1 amide bonds. The fourth-order valence-electron chi connectivity index (χ4n) is 2.55. The zero-order valence-corrected chi connectivity index (χ0v) is 13.7. The molecule has 0 saturated heterocycles. The topological polar surface area (TPSA) is 62.0 Å². The van der Waals surface area contributed by atoms with Crippen molar-refractivity contribution in [3.63, 3.8) is 0 Å². The van der Waals surface area contributed by atoms with E-state index in [2.05, 4.69) is 16.4 Å². The number of benzene rings is 2. The zero-order valence-electron chi connectivity index (χ0n) is 12.8. The first-order valence-corrected chi connectivity index (χ1v) is 8.97. The van der Waals surface area contributed by atoms with Crippen LogP contribution in [0.5, 0.6) is 0 Å². The van der Waals surface area contributed by atoms with Gasteiger partial charge in [-0.25, -0.2) is 0 Å². The molecule has 3 rings (SSSR count). The predicted molar refractivity (Wildman–Crippen MR) is 93.1 cm³/mol. The summed E-state index contributed by atoms with van der Waals surface area (Å²) in [5, 5.41) is 4.11.